The molecule has 2 aromatic heterocycles. The van der Waals surface area contributed by atoms with Crippen molar-refractivity contribution < 1.29 is 14.3 Å². The number of rotatable bonds is 8. The lowest BCUT2D eigenvalue weighted by atomic mass is 9.90. The number of carbonyl (C=O) groups excluding carboxylic acids is 1. The van der Waals surface area contributed by atoms with Gasteiger partial charge < -0.3 is 14.8 Å². The van der Waals surface area contributed by atoms with Crippen molar-refractivity contribution in [2.45, 2.75) is 44.4 Å². The van der Waals surface area contributed by atoms with Gasteiger partial charge in [-0.3, -0.25) is 9.78 Å². The zero-order valence-corrected chi connectivity index (χ0v) is 15.8. The Morgan fingerprint density at radius 3 is 2.92 bits per heavy atom. The Morgan fingerprint density at radius 1 is 1.27 bits per heavy atom. The molecule has 1 fully saturated rings. The standard InChI is InChI=1S/C18H24N4O3S/c1-24-9-10-25-15-7-8-19-14(11-15)12-16(23)20-18-22-21-17(26-18)13-5-3-2-4-6-13/h7-8,11,13H,2-6,9-10,12H2,1H3,(H,20,22,23). The van der Waals surface area contributed by atoms with Crippen LogP contribution in [0.25, 0.3) is 0 Å². The average Bonchev–Trinajstić information content (AvgIpc) is 3.11. The van der Waals surface area contributed by atoms with Crippen molar-refractivity contribution in [3.8, 4) is 5.75 Å². The molecule has 0 atom stereocenters. The minimum atomic E-state index is -0.155. The number of anilines is 1. The number of carbonyl (C=O) groups is 1. The molecule has 26 heavy (non-hydrogen) atoms. The van der Waals surface area contributed by atoms with Gasteiger partial charge in [0.1, 0.15) is 17.4 Å². The number of methoxy groups -OCH3 is 1. The highest BCUT2D eigenvalue weighted by Crippen LogP contribution is 2.35. The fourth-order valence-electron chi connectivity index (χ4n) is 3.01. The van der Waals surface area contributed by atoms with Gasteiger partial charge in [-0.25, -0.2) is 0 Å². The maximum absolute atomic E-state index is 12.3. The molecule has 1 aliphatic carbocycles. The number of hydrogen-bond acceptors (Lipinski definition) is 7. The largest absolute Gasteiger partial charge is 0.491 e. The molecule has 0 unspecified atom stereocenters. The second-order valence-corrected chi connectivity index (χ2v) is 7.34. The normalized spacial score (nSPS) is 15.0. The van der Waals surface area contributed by atoms with Gasteiger partial charge >= 0.3 is 0 Å². The molecule has 8 heteroatoms. The fourth-order valence-corrected chi connectivity index (χ4v) is 3.94. The van der Waals surface area contributed by atoms with Gasteiger partial charge in [0.25, 0.3) is 0 Å². The Balaban J connectivity index is 1.52. The fraction of sp³-hybridized carbons (Fsp3) is 0.556. The summed E-state index contributed by atoms with van der Waals surface area (Å²) >= 11 is 1.48. The quantitative estimate of drug-likeness (QED) is 0.712. The Labute approximate surface area is 157 Å². The third-order valence-electron chi connectivity index (χ3n) is 4.33. The number of amides is 1. The van der Waals surface area contributed by atoms with E-state index in [-0.39, 0.29) is 12.3 Å². The minimum absolute atomic E-state index is 0.155. The monoisotopic (exact) mass is 376 g/mol. The topological polar surface area (TPSA) is 86.2 Å². The first-order chi connectivity index (χ1) is 12.7. The molecule has 1 amide bonds. The van der Waals surface area contributed by atoms with Crippen LogP contribution in [0.1, 0.15) is 48.7 Å². The molecule has 0 saturated heterocycles. The molecular formula is C18H24N4O3S. The van der Waals surface area contributed by atoms with Crippen molar-refractivity contribution in [3.05, 3.63) is 29.0 Å². The maximum Gasteiger partial charge on any atom is 0.232 e. The summed E-state index contributed by atoms with van der Waals surface area (Å²) in [4.78, 5) is 16.5. The highest BCUT2D eigenvalue weighted by Gasteiger charge is 2.20. The molecule has 3 rings (SSSR count). The third kappa shape index (κ3) is 5.47. The van der Waals surface area contributed by atoms with Crippen LogP contribution in [0.5, 0.6) is 5.75 Å². The summed E-state index contributed by atoms with van der Waals surface area (Å²) in [6, 6.07) is 3.53. The van der Waals surface area contributed by atoms with Crippen LogP contribution in [-0.2, 0) is 16.0 Å². The molecule has 0 radical (unpaired) electrons. The van der Waals surface area contributed by atoms with E-state index >= 15 is 0 Å². The summed E-state index contributed by atoms with van der Waals surface area (Å²) in [5.74, 6) is 1.02. The number of pyridine rings is 1. The third-order valence-corrected chi connectivity index (χ3v) is 5.33. The lowest BCUT2D eigenvalue weighted by Gasteiger charge is -2.18. The van der Waals surface area contributed by atoms with Gasteiger partial charge in [-0.2, -0.15) is 0 Å². The summed E-state index contributed by atoms with van der Waals surface area (Å²) in [6.07, 6.45) is 7.95. The molecule has 2 heterocycles. The Hall–Kier alpha value is -2.06. The number of aromatic nitrogens is 3. The smallest absolute Gasteiger partial charge is 0.232 e. The van der Waals surface area contributed by atoms with Crippen LogP contribution >= 0.6 is 11.3 Å². The lowest BCUT2D eigenvalue weighted by Crippen LogP contribution is -2.15. The van der Waals surface area contributed by atoms with Crippen LogP contribution in [0.2, 0.25) is 0 Å². The highest BCUT2D eigenvalue weighted by molar-refractivity contribution is 7.15. The molecule has 1 saturated carbocycles. The molecule has 1 aliphatic rings. The average molecular weight is 376 g/mol. The molecule has 0 aliphatic heterocycles. The van der Waals surface area contributed by atoms with Crippen molar-refractivity contribution >= 4 is 22.4 Å². The molecule has 0 spiro atoms. The van der Waals surface area contributed by atoms with Gasteiger partial charge in [0, 0.05) is 25.3 Å². The Morgan fingerprint density at radius 2 is 2.12 bits per heavy atom. The maximum atomic E-state index is 12.3. The predicted octanol–water partition coefficient (Wildman–Crippen LogP) is 3.19. The van der Waals surface area contributed by atoms with Crippen LogP contribution in [-0.4, -0.2) is 41.4 Å². The molecule has 7 nitrogen and oxygen atoms in total. The van der Waals surface area contributed by atoms with Gasteiger partial charge in [-0.05, 0) is 18.9 Å². The van der Waals surface area contributed by atoms with Gasteiger partial charge in [0.05, 0.1) is 18.7 Å². The summed E-state index contributed by atoms with van der Waals surface area (Å²) in [5, 5.41) is 12.8. The molecule has 140 valence electrons. The zero-order valence-electron chi connectivity index (χ0n) is 14.9. The molecule has 1 N–H and O–H groups in total. The summed E-state index contributed by atoms with van der Waals surface area (Å²) in [5.41, 5.74) is 0.648. The van der Waals surface area contributed by atoms with E-state index in [1.165, 1.54) is 43.4 Å². The van der Waals surface area contributed by atoms with E-state index in [0.717, 1.165) is 5.01 Å². The van der Waals surface area contributed by atoms with Crippen LogP contribution in [0, 0.1) is 0 Å². The second-order valence-electron chi connectivity index (χ2n) is 6.33. The summed E-state index contributed by atoms with van der Waals surface area (Å²) in [7, 11) is 1.62. The molecule has 0 bridgehead atoms. The van der Waals surface area contributed by atoms with Crippen molar-refractivity contribution in [2.75, 3.05) is 25.6 Å². The Bertz CT molecular complexity index is 716. The van der Waals surface area contributed by atoms with Crippen molar-refractivity contribution in [2.24, 2.45) is 0 Å². The number of hydrogen-bond donors (Lipinski definition) is 1. The number of ether oxygens (including phenoxy) is 2. The van der Waals surface area contributed by atoms with Crippen LogP contribution < -0.4 is 10.1 Å². The summed E-state index contributed by atoms with van der Waals surface area (Å²) in [6.45, 7) is 0.972. The van der Waals surface area contributed by atoms with E-state index in [1.54, 1.807) is 25.4 Å². The van der Waals surface area contributed by atoms with Gasteiger partial charge in [0.2, 0.25) is 11.0 Å². The van der Waals surface area contributed by atoms with E-state index in [4.69, 9.17) is 9.47 Å². The first-order valence-corrected chi connectivity index (χ1v) is 9.76. The van der Waals surface area contributed by atoms with Crippen LogP contribution in [0.15, 0.2) is 18.3 Å². The highest BCUT2D eigenvalue weighted by atomic mass is 32.1. The molecule has 2 aromatic rings. The number of nitrogens with zero attached hydrogens (tertiary/aromatic N) is 3. The first-order valence-electron chi connectivity index (χ1n) is 8.94. The Kier molecular flexibility index (Phi) is 6.90. The minimum Gasteiger partial charge on any atom is -0.491 e. The number of nitrogens with one attached hydrogen (secondary N) is 1. The van der Waals surface area contributed by atoms with Gasteiger partial charge in [-0.15, -0.1) is 10.2 Å². The van der Waals surface area contributed by atoms with Crippen molar-refractivity contribution in [1.29, 1.82) is 0 Å². The van der Waals surface area contributed by atoms with E-state index < -0.39 is 0 Å². The predicted molar refractivity (Wildman–Crippen MR) is 99.7 cm³/mol. The molecule has 0 aromatic carbocycles. The van der Waals surface area contributed by atoms with Crippen molar-refractivity contribution in [3.63, 3.8) is 0 Å². The van der Waals surface area contributed by atoms with E-state index in [2.05, 4.69) is 20.5 Å². The van der Waals surface area contributed by atoms with Crippen molar-refractivity contribution in [1.82, 2.24) is 15.2 Å². The van der Waals surface area contributed by atoms with Crippen LogP contribution in [0.3, 0.4) is 0 Å². The SMILES string of the molecule is COCCOc1ccnc(CC(=O)Nc2nnc(C3CCCCC3)s2)c1. The van der Waals surface area contributed by atoms with Gasteiger partial charge in [-0.1, -0.05) is 30.6 Å². The molecular weight excluding hydrogens is 352 g/mol. The zero-order chi connectivity index (χ0) is 18.2. The first kappa shape index (κ1) is 18.7. The lowest BCUT2D eigenvalue weighted by molar-refractivity contribution is -0.115. The van der Waals surface area contributed by atoms with Gasteiger partial charge in [0.15, 0.2) is 0 Å². The van der Waals surface area contributed by atoms with E-state index in [0.29, 0.717) is 35.7 Å². The second kappa shape index (κ2) is 9.59. The van der Waals surface area contributed by atoms with E-state index in [9.17, 15) is 4.79 Å². The summed E-state index contributed by atoms with van der Waals surface area (Å²) < 4.78 is 10.5. The van der Waals surface area contributed by atoms with Crippen LogP contribution in [0.4, 0.5) is 5.13 Å². The van der Waals surface area contributed by atoms with E-state index in [1.807, 2.05) is 0 Å².